The first kappa shape index (κ1) is 17.9. The van der Waals surface area contributed by atoms with Crippen LogP contribution in [0.15, 0.2) is 12.1 Å². The third-order valence-electron chi connectivity index (χ3n) is 4.50. The minimum Gasteiger partial charge on any atom is -0.496 e. The number of carbonyl (C=O) groups is 1. The van der Waals surface area contributed by atoms with E-state index in [0.29, 0.717) is 40.7 Å². The molecule has 0 spiro atoms. The lowest BCUT2D eigenvalue weighted by Gasteiger charge is -2.38. The third kappa shape index (κ3) is 4.30. The van der Waals surface area contributed by atoms with Gasteiger partial charge >= 0.3 is 5.97 Å². The molecule has 1 aliphatic heterocycles. The summed E-state index contributed by atoms with van der Waals surface area (Å²) < 4.78 is 10.6. The predicted molar refractivity (Wildman–Crippen MR) is 92.2 cm³/mol. The molecule has 0 saturated carbocycles. The highest BCUT2D eigenvalue weighted by atomic mass is 35.5. The van der Waals surface area contributed by atoms with Gasteiger partial charge in [-0.1, -0.05) is 18.0 Å². The molecule has 0 amide bonds. The van der Waals surface area contributed by atoms with E-state index in [1.807, 2.05) is 0 Å². The summed E-state index contributed by atoms with van der Waals surface area (Å²) in [6.07, 6.45) is 3.65. The van der Waals surface area contributed by atoms with Crippen LogP contribution in [0.4, 0.5) is 5.69 Å². The van der Waals surface area contributed by atoms with Crippen LogP contribution in [0.2, 0.25) is 5.02 Å². The fraction of sp³-hybridized carbons (Fsp3) is 0.588. The lowest BCUT2D eigenvalue weighted by molar-refractivity contribution is 0.0337. The van der Waals surface area contributed by atoms with E-state index in [0.717, 1.165) is 6.54 Å². The Hall–Kier alpha value is -1.46. The summed E-state index contributed by atoms with van der Waals surface area (Å²) in [5, 5.41) is 0.316. The molecule has 1 fully saturated rings. The van der Waals surface area contributed by atoms with Crippen LogP contribution in [0.1, 0.15) is 43.5 Å². The molecular weight excluding hydrogens is 316 g/mol. The number of methoxy groups -OCH3 is 1. The number of halogens is 1. The van der Waals surface area contributed by atoms with E-state index in [1.165, 1.54) is 38.5 Å². The van der Waals surface area contributed by atoms with Gasteiger partial charge in [-0.25, -0.2) is 4.79 Å². The molecule has 0 radical (unpaired) electrons. The van der Waals surface area contributed by atoms with Crippen LogP contribution in [0.5, 0.6) is 5.75 Å². The highest BCUT2D eigenvalue weighted by Gasteiger charge is 2.24. The molecule has 128 valence electrons. The molecule has 1 aliphatic rings. The van der Waals surface area contributed by atoms with Crippen molar-refractivity contribution in [1.82, 2.24) is 4.90 Å². The molecule has 5 nitrogen and oxygen atoms in total. The molecule has 2 N–H and O–H groups in total. The summed E-state index contributed by atoms with van der Waals surface area (Å²) in [5.74, 6) is -0.0716. The summed E-state index contributed by atoms with van der Waals surface area (Å²) in [4.78, 5) is 14.7. The van der Waals surface area contributed by atoms with Gasteiger partial charge in [0.1, 0.15) is 17.9 Å². The standard InChI is InChI=1S/C17H25ClN2O3/c1-11-5-4-6-12(2)20(11)7-8-23-17(21)13-9-14(18)15(19)10-16(13)22-3/h9-12H,4-8,19H2,1-3H3. The van der Waals surface area contributed by atoms with Crippen LogP contribution in [0.3, 0.4) is 0 Å². The summed E-state index contributed by atoms with van der Waals surface area (Å²) >= 11 is 5.98. The van der Waals surface area contributed by atoms with Crippen molar-refractivity contribution in [1.29, 1.82) is 0 Å². The lowest BCUT2D eigenvalue weighted by atomic mass is 9.98. The van der Waals surface area contributed by atoms with Crippen LogP contribution >= 0.6 is 11.6 Å². The van der Waals surface area contributed by atoms with E-state index in [2.05, 4.69) is 18.7 Å². The Morgan fingerprint density at radius 3 is 2.61 bits per heavy atom. The van der Waals surface area contributed by atoms with Crippen LogP contribution in [-0.2, 0) is 4.74 Å². The van der Waals surface area contributed by atoms with Crippen LogP contribution in [-0.4, -0.2) is 43.2 Å². The Morgan fingerprint density at radius 1 is 1.35 bits per heavy atom. The molecule has 1 saturated heterocycles. The monoisotopic (exact) mass is 340 g/mol. The molecule has 2 unspecified atom stereocenters. The van der Waals surface area contributed by atoms with E-state index in [9.17, 15) is 4.79 Å². The minimum atomic E-state index is -0.443. The van der Waals surface area contributed by atoms with Crippen LogP contribution in [0, 0.1) is 0 Å². The number of hydrogen-bond acceptors (Lipinski definition) is 5. The van der Waals surface area contributed by atoms with Gasteiger partial charge in [-0.05, 0) is 32.8 Å². The zero-order chi connectivity index (χ0) is 17.0. The fourth-order valence-corrected chi connectivity index (χ4v) is 3.30. The molecule has 23 heavy (non-hydrogen) atoms. The predicted octanol–water partition coefficient (Wildman–Crippen LogP) is 3.35. The number of piperidine rings is 1. The van der Waals surface area contributed by atoms with Gasteiger partial charge in [0.15, 0.2) is 0 Å². The molecule has 0 aromatic heterocycles. The number of nitrogens with zero attached hydrogens (tertiary/aromatic N) is 1. The Kier molecular flexibility index (Phi) is 6.13. The second kappa shape index (κ2) is 7.88. The second-order valence-corrected chi connectivity index (χ2v) is 6.48. The van der Waals surface area contributed by atoms with E-state index in [1.54, 1.807) is 0 Å². The van der Waals surface area contributed by atoms with Gasteiger partial charge in [-0.2, -0.15) is 0 Å². The molecule has 0 bridgehead atoms. The summed E-state index contributed by atoms with van der Waals surface area (Å²) in [7, 11) is 1.48. The van der Waals surface area contributed by atoms with Gasteiger partial charge in [0.25, 0.3) is 0 Å². The van der Waals surface area contributed by atoms with Crippen molar-refractivity contribution in [3.63, 3.8) is 0 Å². The van der Waals surface area contributed by atoms with Crippen molar-refractivity contribution in [2.75, 3.05) is 26.0 Å². The Morgan fingerprint density at radius 2 is 2.00 bits per heavy atom. The summed E-state index contributed by atoms with van der Waals surface area (Å²) in [6.45, 7) is 5.53. The number of nitrogens with two attached hydrogens (primary N) is 1. The average Bonchev–Trinajstić information content (AvgIpc) is 2.52. The van der Waals surface area contributed by atoms with Crippen molar-refractivity contribution in [3.05, 3.63) is 22.7 Å². The molecule has 1 aromatic rings. The van der Waals surface area contributed by atoms with Crippen molar-refractivity contribution in [2.45, 2.75) is 45.2 Å². The molecule has 6 heteroatoms. The second-order valence-electron chi connectivity index (χ2n) is 6.08. The number of nitrogen functional groups attached to an aromatic ring is 1. The minimum absolute atomic E-state index is 0.298. The molecule has 1 aromatic carbocycles. The largest absolute Gasteiger partial charge is 0.496 e. The van der Waals surface area contributed by atoms with E-state index in [-0.39, 0.29) is 0 Å². The number of benzene rings is 1. The molecule has 2 atom stereocenters. The van der Waals surface area contributed by atoms with Crippen molar-refractivity contribution >= 4 is 23.3 Å². The maximum absolute atomic E-state index is 12.3. The van der Waals surface area contributed by atoms with E-state index >= 15 is 0 Å². The maximum atomic E-state index is 12.3. The first-order valence-electron chi connectivity index (χ1n) is 8.00. The topological polar surface area (TPSA) is 64.8 Å². The smallest absolute Gasteiger partial charge is 0.342 e. The number of hydrogen-bond donors (Lipinski definition) is 1. The van der Waals surface area contributed by atoms with Gasteiger partial charge in [-0.3, -0.25) is 4.90 Å². The first-order chi connectivity index (χ1) is 10.9. The lowest BCUT2D eigenvalue weighted by Crippen LogP contribution is -2.45. The van der Waals surface area contributed by atoms with Gasteiger partial charge < -0.3 is 15.2 Å². The van der Waals surface area contributed by atoms with Crippen LogP contribution < -0.4 is 10.5 Å². The molecule has 1 heterocycles. The van der Waals surface area contributed by atoms with Gasteiger partial charge in [-0.15, -0.1) is 0 Å². The van der Waals surface area contributed by atoms with E-state index < -0.39 is 5.97 Å². The number of esters is 1. The third-order valence-corrected chi connectivity index (χ3v) is 4.82. The van der Waals surface area contributed by atoms with Gasteiger partial charge in [0.2, 0.25) is 0 Å². The Bertz CT molecular complexity index is 555. The molecule has 2 rings (SSSR count). The van der Waals surface area contributed by atoms with Gasteiger partial charge in [0, 0.05) is 24.7 Å². The average molecular weight is 341 g/mol. The fourth-order valence-electron chi connectivity index (χ4n) is 3.13. The summed E-state index contributed by atoms with van der Waals surface area (Å²) in [6, 6.07) is 4.08. The maximum Gasteiger partial charge on any atom is 0.342 e. The summed E-state index contributed by atoms with van der Waals surface area (Å²) in [5.41, 5.74) is 6.39. The number of likely N-dealkylation sites (tertiary alicyclic amines) is 1. The normalized spacial score (nSPS) is 21.9. The zero-order valence-corrected chi connectivity index (χ0v) is 14.7. The zero-order valence-electron chi connectivity index (χ0n) is 14.0. The number of anilines is 1. The highest BCUT2D eigenvalue weighted by Crippen LogP contribution is 2.29. The highest BCUT2D eigenvalue weighted by molar-refractivity contribution is 6.33. The quantitative estimate of drug-likeness (QED) is 0.657. The SMILES string of the molecule is COc1cc(N)c(Cl)cc1C(=O)OCCN1C(C)CCCC1C. The Labute approximate surface area is 142 Å². The number of ether oxygens (including phenoxy) is 2. The van der Waals surface area contributed by atoms with Crippen molar-refractivity contribution < 1.29 is 14.3 Å². The first-order valence-corrected chi connectivity index (χ1v) is 8.37. The van der Waals surface area contributed by atoms with Crippen LogP contribution in [0.25, 0.3) is 0 Å². The van der Waals surface area contributed by atoms with Crippen molar-refractivity contribution in [2.24, 2.45) is 0 Å². The van der Waals surface area contributed by atoms with Crippen molar-refractivity contribution in [3.8, 4) is 5.75 Å². The molecule has 0 aliphatic carbocycles. The van der Waals surface area contributed by atoms with E-state index in [4.69, 9.17) is 26.8 Å². The molecular formula is C17H25ClN2O3. The number of carbonyl (C=O) groups excluding carboxylic acids is 1. The van der Waals surface area contributed by atoms with Gasteiger partial charge in [0.05, 0.1) is 17.8 Å². The Balaban J connectivity index is 1.96. The number of rotatable bonds is 5.